The van der Waals surface area contributed by atoms with E-state index in [-0.39, 0.29) is 11.2 Å². The van der Waals surface area contributed by atoms with E-state index in [1.807, 2.05) is 0 Å². The van der Waals surface area contributed by atoms with Gasteiger partial charge in [-0.05, 0) is 87.4 Å². The molecule has 8 unspecified atom stereocenters. The van der Waals surface area contributed by atoms with Crippen molar-refractivity contribution in [3.63, 3.8) is 0 Å². The number of carbonyl (C=O) groups is 2. The number of Topliss-reactive ketones (excluding diaryl/α,β-unsaturated/α-hetero) is 2. The van der Waals surface area contributed by atoms with E-state index in [1.165, 1.54) is 19.3 Å². The number of hydrogen-bond acceptors (Lipinski definition) is 3. The maximum absolute atomic E-state index is 12.2. The summed E-state index contributed by atoms with van der Waals surface area (Å²) in [5.41, 5.74) is -0.944. The monoisotopic (exact) mass is 330 g/mol. The lowest BCUT2D eigenvalue weighted by Crippen LogP contribution is -2.56. The van der Waals surface area contributed by atoms with E-state index in [4.69, 9.17) is 0 Å². The van der Waals surface area contributed by atoms with Gasteiger partial charge in [0.25, 0.3) is 0 Å². The summed E-state index contributed by atoms with van der Waals surface area (Å²) in [5.74, 6) is 3.56. The van der Waals surface area contributed by atoms with E-state index >= 15 is 0 Å². The van der Waals surface area contributed by atoms with E-state index in [0.717, 1.165) is 43.9 Å². The molecule has 5 saturated carbocycles. The van der Waals surface area contributed by atoms with Crippen LogP contribution in [0.25, 0.3) is 0 Å². The summed E-state index contributed by atoms with van der Waals surface area (Å²) in [4.78, 5) is 24.4. The summed E-state index contributed by atoms with van der Waals surface area (Å²) >= 11 is 0. The molecule has 24 heavy (non-hydrogen) atoms. The first-order valence-corrected chi connectivity index (χ1v) is 10.1. The van der Waals surface area contributed by atoms with E-state index < -0.39 is 5.60 Å². The van der Waals surface area contributed by atoms with Gasteiger partial charge >= 0.3 is 0 Å². The van der Waals surface area contributed by atoms with Crippen molar-refractivity contribution in [2.24, 2.45) is 40.4 Å². The molecule has 0 bridgehead atoms. The highest BCUT2D eigenvalue weighted by atomic mass is 16.3. The third-order valence-corrected chi connectivity index (χ3v) is 9.63. The van der Waals surface area contributed by atoms with Crippen molar-refractivity contribution in [3.8, 4) is 0 Å². The molecule has 3 nitrogen and oxygen atoms in total. The number of rotatable bonds is 1. The number of hydrogen-bond donors (Lipinski definition) is 1. The fourth-order valence-corrected chi connectivity index (χ4v) is 8.29. The molecule has 1 spiro atoms. The van der Waals surface area contributed by atoms with Crippen LogP contribution < -0.4 is 0 Å². The van der Waals surface area contributed by atoms with Crippen molar-refractivity contribution < 1.29 is 14.7 Å². The maximum atomic E-state index is 12.2. The van der Waals surface area contributed by atoms with Gasteiger partial charge in [-0.15, -0.1) is 0 Å². The summed E-state index contributed by atoms with van der Waals surface area (Å²) in [6, 6.07) is 0. The van der Waals surface area contributed by atoms with Crippen molar-refractivity contribution in [3.05, 3.63) is 0 Å². The minimum atomic E-state index is -1.09. The third kappa shape index (κ3) is 1.59. The van der Waals surface area contributed by atoms with Gasteiger partial charge < -0.3 is 5.11 Å². The molecule has 0 amide bonds. The first kappa shape index (κ1) is 15.5. The lowest BCUT2D eigenvalue weighted by molar-refractivity contribution is -0.162. The van der Waals surface area contributed by atoms with Crippen LogP contribution >= 0.6 is 0 Å². The van der Waals surface area contributed by atoms with Gasteiger partial charge in [0, 0.05) is 17.8 Å². The fourth-order valence-electron chi connectivity index (χ4n) is 8.29. The topological polar surface area (TPSA) is 54.4 Å². The second-order valence-electron chi connectivity index (χ2n) is 9.99. The molecular formula is C21H30O3. The smallest absolute Gasteiger partial charge is 0.161 e. The first-order chi connectivity index (χ1) is 11.3. The minimum Gasteiger partial charge on any atom is -0.382 e. The minimum absolute atomic E-state index is 0.0243. The van der Waals surface area contributed by atoms with Gasteiger partial charge in [0.15, 0.2) is 5.78 Å². The van der Waals surface area contributed by atoms with Gasteiger partial charge in [0.2, 0.25) is 0 Å². The fraction of sp³-hybridized carbons (Fsp3) is 0.905. The molecule has 0 radical (unpaired) electrons. The van der Waals surface area contributed by atoms with Gasteiger partial charge in [-0.25, -0.2) is 0 Å². The molecule has 5 rings (SSSR count). The van der Waals surface area contributed by atoms with Crippen LogP contribution in [0.1, 0.15) is 71.6 Å². The lowest BCUT2D eigenvalue weighted by atomic mass is 9.48. The molecule has 0 aromatic heterocycles. The molecule has 5 aliphatic rings. The Morgan fingerprint density at radius 3 is 2.50 bits per heavy atom. The van der Waals surface area contributed by atoms with Crippen LogP contribution in [-0.4, -0.2) is 22.3 Å². The molecule has 132 valence electrons. The Bertz CT molecular complexity index is 627. The average molecular weight is 330 g/mol. The highest BCUT2D eigenvalue weighted by Crippen LogP contribution is 2.74. The molecule has 0 aromatic rings. The van der Waals surface area contributed by atoms with Gasteiger partial charge in [-0.3, -0.25) is 9.59 Å². The predicted molar refractivity (Wildman–Crippen MR) is 90.2 cm³/mol. The summed E-state index contributed by atoms with van der Waals surface area (Å²) in [6.07, 6.45) is 9.33. The zero-order valence-corrected chi connectivity index (χ0v) is 15.0. The van der Waals surface area contributed by atoms with Crippen molar-refractivity contribution in [2.45, 2.75) is 77.2 Å². The second kappa shape index (κ2) is 4.52. The van der Waals surface area contributed by atoms with Crippen molar-refractivity contribution in [1.82, 2.24) is 0 Å². The Labute approximate surface area is 144 Å². The Morgan fingerprint density at radius 2 is 1.75 bits per heavy atom. The maximum Gasteiger partial charge on any atom is 0.161 e. The average Bonchev–Trinajstić information content (AvgIpc) is 3.21. The van der Waals surface area contributed by atoms with Crippen molar-refractivity contribution in [2.75, 3.05) is 0 Å². The number of ketones is 2. The van der Waals surface area contributed by atoms with Gasteiger partial charge in [0.1, 0.15) is 11.4 Å². The Balaban J connectivity index is 1.46. The third-order valence-electron chi connectivity index (χ3n) is 9.63. The highest BCUT2D eigenvalue weighted by molar-refractivity contribution is 5.86. The molecule has 0 heterocycles. The van der Waals surface area contributed by atoms with E-state index in [2.05, 4.69) is 6.92 Å². The standard InChI is InChI=1S/C21H30O3/c1-12(22)21(24)10-7-15-13-6-9-20-11-17(20)18(23)4-3-16(20)14(13)5-8-19(15,21)2/h13-17,24H,3-11H2,1-2H3. The van der Waals surface area contributed by atoms with Crippen molar-refractivity contribution in [1.29, 1.82) is 0 Å². The Kier molecular flexibility index (Phi) is 2.93. The molecule has 8 atom stereocenters. The summed E-state index contributed by atoms with van der Waals surface area (Å²) in [7, 11) is 0. The predicted octanol–water partition coefficient (Wildman–Crippen LogP) is 3.53. The van der Waals surface area contributed by atoms with Crippen LogP contribution in [0.3, 0.4) is 0 Å². The zero-order valence-electron chi connectivity index (χ0n) is 15.0. The number of fused-ring (bicyclic) bond motifs is 4. The normalized spacial score (nSPS) is 58.3. The first-order valence-electron chi connectivity index (χ1n) is 10.1. The number of aliphatic hydroxyl groups is 1. The molecular weight excluding hydrogens is 300 g/mol. The molecule has 5 fully saturated rings. The largest absolute Gasteiger partial charge is 0.382 e. The van der Waals surface area contributed by atoms with E-state index in [0.29, 0.717) is 35.4 Å². The molecule has 1 N–H and O–H groups in total. The Morgan fingerprint density at radius 1 is 1.04 bits per heavy atom. The van der Waals surface area contributed by atoms with Crippen LogP contribution in [0, 0.1) is 40.4 Å². The van der Waals surface area contributed by atoms with Crippen LogP contribution in [-0.2, 0) is 9.59 Å². The quantitative estimate of drug-likeness (QED) is 0.800. The summed E-state index contributed by atoms with van der Waals surface area (Å²) in [5, 5.41) is 11.1. The molecule has 0 aliphatic heterocycles. The van der Waals surface area contributed by atoms with Crippen LogP contribution in [0.15, 0.2) is 0 Å². The van der Waals surface area contributed by atoms with Crippen LogP contribution in [0.5, 0.6) is 0 Å². The zero-order chi connectivity index (χ0) is 16.9. The lowest BCUT2D eigenvalue weighted by Gasteiger charge is -2.57. The number of carbonyl (C=O) groups excluding carboxylic acids is 2. The van der Waals surface area contributed by atoms with Crippen molar-refractivity contribution >= 4 is 11.6 Å². The molecule has 5 aliphatic carbocycles. The van der Waals surface area contributed by atoms with Gasteiger partial charge in [-0.2, -0.15) is 0 Å². The van der Waals surface area contributed by atoms with E-state index in [9.17, 15) is 14.7 Å². The van der Waals surface area contributed by atoms with Crippen LogP contribution in [0.4, 0.5) is 0 Å². The molecule has 0 aromatic carbocycles. The summed E-state index contributed by atoms with van der Waals surface area (Å²) < 4.78 is 0. The van der Waals surface area contributed by atoms with Crippen LogP contribution in [0.2, 0.25) is 0 Å². The molecule has 0 saturated heterocycles. The Hall–Kier alpha value is -0.700. The van der Waals surface area contributed by atoms with Gasteiger partial charge in [-0.1, -0.05) is 6.92 Å². The van der Waals surface area contributed by atoms with E-state index in [1.54, 1.807) is 6.92 Å². The highest BCUT2D eigenvalue weighted by Gasteiger charge is 2.71. The SMILES string of the molecule is CC(=O)C1(O)CCC2C3CCC45CC4C(=O)CCC5C3CCC21C. The molecule has 3 heteroatoms. The van der Waals surface area contributed by atoms with Gasteiger partial charge in [0.05, 0.1) is 0 Å². The summed E-state index contributed by atoms with van der Waals surface area (Å²) in [6.45, 7) is 3.77. The second-order valence-corrected chi connectivity index (χ2v) is 9.99.